The van der Waals surface area contributed by atoms with Gasteiger partial charge in [-0.2, -0.15) is 0 Å². The van der Waals surface area contributed by atoms with Crippen LogP contribution in [-0.2, 0) is 0 Å². The summed E-state index contributed by atoms with van der Waals surface area (Å²) in [7, 11) is 3.79. The first-order chi connectivity index (χ1) is 7.06. The van der Waals surface area contributed by atoms with Crippen molar-refractivity contribution in [2.45, 2.75) is 12.2 Å². The largest absolute Gasteiger partial charge is 0.394 e. The number of benzene rings is 1. The predicted octanol–water partition coefficient (Wildman–Crippen LogP) is 0.139. The molecule has 2 unspecified atom stereocenters. The van der Waals surface area contributed by atoms with Crippen LogP contribution in [0.4, 0.5) is 5.69 Å². The monoisotopic (exact) mass is 211 g/mol. The van der Waals surface area contributed by atoms with Crippen LogP contribution < -0.4 is 4.90 Å². The minimum absolute atomic E-state index is 0.451. The van der Waals surface area contributed by atoms with Gasteiger partial charge in [0.2, 0.25) is 0 Å². The fourth-order valence-corrected chi connectivity index (χ4v) is 1.31. The summed E-state index contributed by atoms with van der Waals surface area (Å²) in [4.78, 5) is 1.90. The van der Waals surface area contributed by atoms with Crippen molar-refractivity contribution in [3.8, 4) is 0 Å². The molecule has 1 aromatic carbocycles. The lowest BCUT2D eigenvalue weighted by atomic mass is 10.0. The number of nitrogens with zero attached hydrogens (tertiary/aromatic N) is 1. The number of rotatable bonds is 4. The van der Waals surface area contributed by atoms with Crippen molar-refractivity contribution in [2.24, 2.45) is 0 Å². The van der Waals surface area contributed by atoms with Crippen molar-refractivity contribution in [3.05, 3.63) is 29.8 Å². The van der Waals surface area contributed by atoms with E-state index in [1.165, 1.54) is 0 Å². The van der Waals surface area contributed by atoms with Crippen LogP contribution in [0.25, 0.3) is 0 Å². The highest BCUT2D eigenvalue weighted by Gasteiger charge is 2.17. The molecule has 1 rings (SSSR count). The van der Waals surface area contributed by atoms with Crippen molar-refractivity contribution in [2.75, 3.05) is 25.6 Å². The fourth-order valence-electron chi connectivity index (χ4n) is 1.31. The Morgan fingerprint density at radius 3 is 2.47 bits per heavy atom. The Balaban J connectivity index is 2.90. The second-order valence-corrected chi connectivity index (χ2v) is 3.68. The first kappa shape index (κ1) is 12.0. The van der Waals surface area contributed by atoms with Gasteiger partial charge in [0.1, 0.15) is 12.2 Å². The van der Waals surface area contributed by atoms with Gasteiger partial charge in [0, 0.05) is 19.8 Å². The highest BCUT2D eigenvalue weighted by atomic mass is 16.4. The molecule has 0 bridgehead atoms. The quantitative estimate of drug-likeness (QED) is 0.663. The molecule has 0 radical (unpaired) electrons. The van der Waals surface area contributed by atoms with Crippen LogP contribution in [0.3, 0.4) is 0 Å². The van der Waals surface area contributed by atoms with E-state index in [2.05, 4.69) is 0 Å². The Bertz CT molecular complexity index is 314. The number of aliphatic hydroxyl groups excluding tert-OH is 3. The van der Waals surface area contributed by atoms with Gasteiger partial charge in [0.05, 0.1) is 6.61 Å². The zero-order valence-electron chi connectivity index (χ0n) is 8.96. The third-order valence-electron chi connectivity index (χ3n) is 2.28. The Kier molecular flexibility index (Phi) is 4.08. The molecule has 0 amide bonds. The van der Waals surface area contributed by atoms with Crippen LogP contribution in [0, 0.1) is 0 Å². The third kappa shape index (κ3) is 2.92. The molecule has 0 heterocycles. The molecule has 4 nitrogen and oxygen atoms in total. The maximum absolute atomic E-state index is 9.67. The minimum atomic E-state index is -1.14. The number of anilines is 1. The Labute approximate surface area is 89.4 Å². The zero-order valence-corrected chi connectivity index (χ0v) is 8.96. The van der Waals surface area contributed by atoms with Gasteiger partial charge < -0.3 is 20.2 Å². The maximum Gasteiger partial charge on any atom is 0.107 e. The first-order valence-corrected chi connectivity index (χ1v) is 4.80. The molecule has 0 aliphatic rings. The van der Waals surface area contributed by atoms with Crippen molar-refractivity contribution in [1.29, 1.82) is 0 Å². The van der Waals surface area contributed by atoms with Crippen LogP contribution in [0.15, 0.2) is 24.3 Å². The van der Waals surface area contributed by atoms with Gasteiger partial charge in [0.25, 0.3) is 0 Å². The number of hydrogen-bond donors (Lipinski definition) is 3. The van der Waals surface area contributed by atoms with Gasteiger partial charge in [-0.1, -0.05) is 12.1 Å². The van der Waals surface area contributed by atoms with E-state index in [-0.39, 0.29) is 0 Å². The summed E-state index contributed by atoms with van der Waals surface area (Å²) in [6.45, 7) is -0.451. The topological polar surface area (TPSA) is 63.9 Å². The van der Waals surface area contributed by atoms with E-state index in [1.54, 1.807) is 18.2 Å². The van der Waals surface area contributed by atoms with Crippen molar-refractivity contribution >= 4 is 5.69 Å². The van der Waals surface area contributed by atoms with Gasteiger partial charge >= 0.3 is 0 Å². The molecule has 84 valence electrons. The van der Waals surface area contributed by atoms with E-state index in [0.29, 0.717) is 5.56 Å². The lowest BCUT2D eigenvalue weighted by molar-refractivity contribution is -0.0152. The van der Waals surface area contributed by atoms with Crippen LogP contribution in [0.1, 0.15) is 11.7 Å². The molecule has 0 saturated heterocycles. The van der Waals surface area contributed by atoms with Gasteiger partial charge in [-0.3, -0.25) is 0 Å². The maximum atomic E-state index is 9.67. The molecule has 0 aliphatic carbocycles. The second-order valence-electron chi connectivity index (χ2n) is 3.68. The standard InChI is InChI=1S/C11H17NO3/c1-12(2)9-5-3-4-8(6-9)11(15)10(14)7-13/h3-6,10-11,13-15H,7H2,1-2H3. The minimum Gasteiger partial charge on any atom is -0.394 e. The highest BCUT2D eigenvalue weighted by Crippen LogP contribution is 2.21. The summed E-state index contributed by atoms with van der Waals surface area (Å²) < 4.78 is 0. The van der Waals surface area contributed by atoms with E-state index in [0.717, 1.165) is 5.69 Å². The molecule has 0 fully saturated rings. The molecule has 2 atom stereocenters. The molecular weight excluding hydrogens is 194 g/mol. The first-order valence-electron chi connectivity index (χ1n) is 4.80. The van der Waals surface area contributed by atoms with Gasteiger partial charge in [0.15, 0.2) is 0 Å². The van der Waals surface area contributed by atoms with Gasteiger partial charge in [-0.25, -0.2) is 0 Å². The summed E-state index contributed by atoms with van der Waals surface area (Å²) in [6, 6.07) is 7.21. The molecule has 3 N–H and O–H groups in total. The average molecular weight is 211 g/mol. The molecule has 0 saturated carbocycles. The third-order valence-corrected chi connectivity index (χ3v) is 2.28. The summed E-state index contributed by atoms with van der Waals surface area (Å²) >= 11 is 0. The lowest BCUT2D eigenvalue weighted by Gasteiger charge is -2.18. The van der Waals surface area contributed by atoms with E-state index in [1.807, 2.05) is 25.1 Å². The normalized spacial score (nSPS) is 14.7. The molecule has 0 aromatic heterocycles. The molecule has 4 heteroatoms. The van der Waals surface area contributed by atoms with E-state index in [4.69, 9.17) is 5.11 Å². The highest BCUT2D eigenvalue weighted by molar-refractivity contribution is 5.47. The summed E-state index contributed by atoms with van der Waals surface area (Å²) in [5, 5.41) is 27.7. The average Bonchev–Trinajstić information content (AvgIpc) is 2.27. The van der Waals surface area contributed by atoms with Crippen LogP contribution in [0.2, 0.25) is 0 Å². The molecule has 0 aliphatic heterocycles. The predicted molar refractivity (Wildman–Crippen MR) is 58.8 cm³/mol. The molecular formula is C11H17NO3. The van der Waals surface area contributed by atoms with Crippen molar-refractivity contribution in [3.63, 3.8) is 0 Å². The van der Waals surface area contributed by atoms with Crippen molar-refractivity contribution in [1.82, 2.24) is 0 Å². The van der Waals surface area contributed by atoms with Crippen molar-refractivity contribution < 1.29 is 15.3 Å². The SMILES string of the molecule is CN(C)c1cccc(C(O)C(O)CO)c1. The Hall–Kier alpha value is -1.10. The van der Waals surface area contributed by atoms with Gasteiger partial charge in [-0.15, -0.1) is 0 Å². The molecule has 1 aromatic rings. The van der Waals surface area contributed by atoms with E-state index >= 15 is 0 Å². The van der Waals surface area contributed by atoms with E-state index in [9.17, 15) is 10.2 Å². The van der Waals surface area contributed by atoms with Crippen LogP contribution in [-0.4, -0.2) is 42.1 Å². The summed E-state index contributed by atoms with van der Waals surface area (Å²) in [6.07, 6.45) is -2.18. The Morgan fingerprint density at radius 2 is 1.93 bits per heavy atom. The van der Waals surface area contributed by atoms with Gasteiger partial charge in [-0.05, 0) is 17.7 Å². The second kappa shape index (κ2) is 5.11. The summed E-state index contributed by atoms with van der Waals surface area (Å²) in [5.74, 6) is 0. The number of aliphatic hydroxyl groups is 3. The molecule has 0 spiro atoms. The zero-order chi connectivity index (χ0) is 11.4. The van der Waals surface area contributed by atoms with E-state index < -0.39 is 18.8 Å². The summed E-state index contributed by atoms with van der Waals surface area (Å²) in [5.41, 5.74) is 1.54. The van der Waals surface area contributed by atoms with Crippen LogP contribution >= 0.6 is 0 Å². The van der Waals surface area contributed by atoms with Crippen LogP contribution in [0.5, 0.6) is 0 Å². The Morgan fingerprint density at radius 1 is 1.27 bits per heavy atom. The molecule has 15 heavy (non-hydrogen) atoms. The fraction of sp³-hybridized carbons (Fsp3) is 0.455. The smallest absolute Gasteiger partial charge is 0.107 e. The lowest BCUT2D eigenvalue weighted by Crippen LogP contribution is -2.22. The number of hydrogen-bond acceptors (Lipinski definition) is 4.